The molecule has 0 aromatic carbocycles. The molecule has 1 heterocycles. The van der Waals surface area contributed by atoms with E-state index in [-0.39, 0.29) is 12.1 Å². The van der Waals surface area contributed by atoms with Crippen LogP contribution in [0.3, 0.4) is 0 Å². The van der Waals surface area contributed by atoms with Gasteiger partial charge in [0.15, 0.2) is 0 Å². The molecule has 2 unspecified atom stereocenters. The van der Waals surface area contributed by atoms with Gasteiger partial charge in [0.2, 0.25) is 0 Å². The van der Waals surface area contributed by atoms with Crippen molar-refractivity contribution in [2.45, 2.75) is 25.5 Å². The van der Waals surface area contributed by atoms with Gasteiger partial charge in [0.25, 0.3) is 0 Å². The first kappa shape index (κ1) is 15.6. The summed E-state index contributed by atoms with van der Waals surface area (Å²) in [7, 11) is 1.67. The molecule has 0 aliphatic rings. The van der Waals surface area contributed by atoms with E-state index in [0.29, 0.717) is 26.4 Å². The molecule has 2 atom stereocenters. The summed E-state index contributed by atoms with van der Waals surface area (Å²) in [5, 5.41) is 2.04. The van der Waals surface area contributed by atoms with Gasteiger partial charge in [-0.05, 0) is 24.8 Å². The Labute approximate surface area is 113 Å². The van der Waals surface area contributed by atoms with Gasteiger partial charge in [-0.2, -0.15) is 0 Å². The van der Waals surface area contributed by atoms with Crippen molar-refractivity contribution in [2.24, 2.45) is 5.73 Å². The predicted octanol–water partition coefficient (Wildman–Crippen LogP) is 2.21. The van der Waals surface area contributed by atoms with E-state index in [1.165, 1.54) is 4.88 Å². The lowest BCUT2D eigenvalue weighted by Crippen LogP contribution is -2.26. The number of ether oxygens (including phenoxy) is 3. The number of rotatable bonds is 10. The zero-order chi connectivity index (χ0) is 13.2. The van der Waals surface area contributed by atoms with Crippen LogP contribution in [-0.2, 0) is 14.2 Å². The van der Waals surface area contributed by atoms with Crippen molar-refractivity contribution in [3.05, 3.63) is 22.4 Å². The summed E-state index contributed by atoms with van der Waals surface area (Å²) in [5.74, 6) is 0. The van der Waals surface area contributed by atoms with E-state index in [1.54, 1.807) is 18.4 Å². The average molecular weight is 273 g/mol. The summed E-state index contributed by atoms with van der Waals surface area (Å²) in [6, 6.07) is 4.08. The molecule has 0 fully saturated rings. The zero-order valence-corrected chi connectivity index (χ0v) is 11.9. The van der Waals surface area contributed by atoms with Crippen molar-refractivity contribution in [2.75, 3.05) is 33.5 Å². The fourth-order valence-electron chi connectivity index (χ4n) is 1.56. The second-order valence-electron chi connectivity index (χ2n) is 4.12. The molecule has 1 rings (SSSR count). The monoisotopic (exact) mass is 273 g/mol. The van der Waals surface area contributed by atoms with Crippen LogP contribution >= 0.6 is 11.3 Å². The lowest BCUT2D eigenvalue weighted by Gasteiger charge is -2.20. The molecular formula is C13H23NO3S. The van der Waals surface area contributed by atoms with Crippen LogP contribution in [0.5, 0.6) is 0 Å². The Morgan fingerprint density at radius 3 is 2.72 bits per heavy atom. The third-order valence-corrected chi connectivity index (χ3v) is 3.40. The molecule has 1 aromatic rings. The minimum atomic E-state index is -0.0102. The molecule has 0 saturated heterocycles. The Kier molecular flexibility index (Phi) is 8.20. The summed E-state index contributed by atoms with van der Waals surface area (Å²) in [6.45, 7) is 4.60. The summed E-state index contributed by atoms with van der Waals surface area (Å²) in [6.07, 6.45) is 0.863. The largest absolute Gasteiger partial charge is 0.382 e. The Hall–Kier alpha value is -0.460. The normalized spacial score (nSPS) is 14.6. The van der Waals surface area contributed by atoms with Crippen molar-refractivity contribution < 1.29 is 14.2 Å². The molecule has 18 heavy (non-hydrogen) atoms. The third-order valence-electron chi connectivity index (χ3n) is 2.46. The topological polar surface area (TPSA) is 53.7 Å². The highest BCUT2D eigenvalue weighted by Crippen LogP contribution is 2.24. The van der Waals surface area contributed by atoms with E-state index in [0.717, 1.165) is 6.42 Å². The van der Waals surface area contributed by atoms with Crippen LogP contribution in [0.25, 0.3) is 0 Å². The van der Waals surface area contributed by atoms with Crippen LogP contribution in [0, 0.1) is 0 Å². The van der Waals surface area contributed by atoms with Gasteiger partial charge >= 0.3 is 0 Å². The summed E-state index contributed by atoms with van der Waals surface area (Å²) >= 11 is 1.68. The smallest absolute Gasteiger partial charge is 0.106 e. The van der Waals surface area contributed by atoms with Crippen LogP contribution in [0.4, 0.5) is 0 Å². The minimum absolute atomic E-state index is 0.00180. The van der Waals surface area contributed by atoms with Gasteiger partial charge in [-0.25, -0.2) is 0 Å². The molecule has 0 aliphatic carbocycles. The van der Waals surface area contributed by atoms with E-state index < -0.39 is 0 Å². The molecule has 0 amide bonds. The Morgan fingerprint density at radius 2 is 2.11 bits per heavy atom. The molecule has 2 N–H and O–H groups in total. The lowest BCUT2D eigenvalue weighted by molar-refractivity contribution is 0.0159. The Balaban J connectivity index is 2.15. The Morgan fingerprint density at radius 1 is 1.28 bits per heavy atom. The van der Waals surface area contributed by atoms with Crippen molar-refractivity contribution in [1.29, 1.82) is 0 Å². The maximum absolute atomic E-state index is 5.94. The Bertz CT molecular complexity index is 290. The lowest BCUT2D eigenvalue weighted by atomic mass is 10.1. The van der Waals surface area contributed by atoms with Crippen molar-refractivity contribution in [3.8, 4) is 0 Å². The maximum atomic E-state index is 5.94. The molecule has 0 saturated carbocycles. The number of methoxy groups -OCH3 is 1. The molecule has 0 spiro atoms. The molecule has 4 nitrogen and oxygen atoms in total. The van der Waals surface area contributed by atoms with Gasteiger partial charge in [-0.3, -0.25) is 0 Å². The highest BCUT2D eigenvalue weighted by Gasteiger charge is 2.17. The minimum Gasteiger partial charge on any atom is -0.382 e. The highest BCUT2D eigenvalue weighted by atomic mass is 32.1. The summed E-state index contributed by atoms with van der Waals surface area (Å²) in [4.78, 5) is 1.19. The summed E-state index contributed by atoms with van der Waals surface area (Å²) in [5.41, 5.74) is 5.94. The first-order valence-corrected chi connectivity index (χ1v) is 7.11. The second-order valence-corrected chi connectivity index (χ2v) is 5.10. The number of nitrogens with two attached hydrogens (primary N) is 1. The van der Waals surface area contributed by atoms with Gasteiger partial charge < -0.3 is 19.9 Å². The van der Waals surface area contributed by atoms with E-state index in [1.807, 2.05) is 18.4 Å². The summed E-state index contributed by atoms with van der Waals surface area (Å²) < 4.78 is 16.1. The fraction of sp³-hybridized carbons (Fsp3) is 0.692. The van der Waals surface area contributed by atoms with Gasteiger partial charge in [0, 0.05) is 31.2 Å². The average Bonchev–Trinajstić information content (AvgIpc) is 2.85. The molecule has 5 heteroatoms. The van der Waals surface area contributed by atoms with Crippen molar-refractivity contribution in [3.63, 3.8) is 0 Å². The number of hydrogen-bond donors (Lipinski definition) is 1. The van der Waals surface area contributed by atoms with Crippen LogP contribution in [-0.4, -0.2) is 39.6 Å². The van der Waals surface area contributed by atoms with Crippen LogP contribution < -0.4 is 5.73 Å². The molecule has 104 valence electrons. The molecule has 0 bridgehead atoms. The van der Waals surface area contributed by atoms with Gasteiger partial charge in [0.05, 0.1) is 13.2 Å². The maximum Gasteiger partial charge on any atom is 0.106 e. The van der Waals surface area contributed by atoms with Gasteiger partial charge in [-0.1, -0.05) is 6.07 Å². The zero-order valence-electron chi connectivity index (χ0n) is 11.1. The van der Waals surface area contributed by atoms with Crippen molar-refractivity contribution >= 4 is 11.3 Å². The van der Waals surface area contributed by atoms with E-state index in [4.69, 9.17) is 19.9 Å². The van der Waals surface area contributed by atoms with Gasteiger partial charge in [0.1, 0.15) is 6.10 Å². The van der Waals surface area contributed by atoms with Crippen molar-refractivity contribution in [1.82, 2.24) is 0 Å². The fourth-order valence-corrected chi connectivity index (χ4v) is 2.45. The molecular weight excluding hydrogens is 250 g/mol. The number of hydrogen-bond acceptors (Lipinski definition) is 5. The SMILES string of the molecule is COCCOCCCOC(c1cccs1)C(C)N. The van der Waals surface area contributed by atoms with E-state index in [2.05, 4.69) is 6.07 Å². The predicted molar refractivity (Wildman–Crippen MR) is 74.0 cm³/mol. The second kappa shape index (κ2) is 9.47. The standard InChI is InChI=1S/C13H23NO3S/c1-11(14)13(12-5-3-10-18-12)17-7-4-6-16-9-8-15-2/h3,5,10-11,13H,4,6-9,14H2,1-2H3. The van der Waals surface area contributed by atoms with Crippen LogP contribution in [0.15, 0.2) is 17.5 Å². The van der Waals surface area contributed by atoms with Gasteiger partial charge in [-0.15, -0.1) is 11.3 Å². The first-order chi connectivity index (χ1) is 8.75. The van der Waals surface area contributed by atoms with Crippen LogP contribution in [0.2, 0.25) is 0 Å². The third kappa shape index (κ3) is 5.93. The van der Waals surface area contributed by atoms with E-state index in [9.17, 15) is 0 Å². The molecule has 1 aromatic heterocycles. The van der Waals surface area contributed by atoms with Crippen LogP contribution in [0.1, 0.15) is 24.3 Å². The number of thiophene rings is 1. The van der Waals surface area contributed by atoms with E-state index >= 15 is 0 Å². The molecule has 0 radical (unpaired) electrons. The highest BCUT2D eigenvalue weighted by molar-refractivity contribution is 7.10. The molecule has 0 aliphatic heterocycles. The quantitative estimate of drug-likeness (QED) is 0.664. The first-order valence-electron chi connectivity index (χ1n) is 6.23.